The van der Waals surface area contributed by atoms with Crippen LogP contribution >= 0.6 is 0 Å². The summed E-state index contributed by atoms with van der Waals surface area (Å²) >= 11 is 0. The molecular formula is C49H34N2O. The molecule has 52 heavy (non-hydrogen) atoms. The van der Waals surface area contributed by atoms with E-state index in [1.165, 1.54) is 27.4 Å². The van der Waals surface area contributed by atoms with Crippen molar-refractivity contribution in [3.05, 3.63) is 223 Å². The van der Waals surface area contributed by atoms with Crippen LogP contribution in [0.15, 0.2) is 206 Å². The molecule has 0 bridgehead atoms. The van der Waals surface area contributed by atoms with Crippen molar-refractivity contribution < 1.29 is 4.74 Å². The highest BCUT2D eigenvalue weighted by atomic mass is 16.5. The molecule has 0 saturated carbocycles. The van der Waals surface area contributed by atoms with E-state index in [1.807, 2.05) is 0 Å². The van der Waals surface area contributed by atoms with Crippen molar-refractivity contribution in [2.75, 3.05) is 4.90 Å². The highest BCUT2D eigenvalue weighted by Crippen LogP contribution is 2.53. The average molecular weight is 667 g/mol. The summed E-state index contributed by atoms with van der Waals surface area (Å²) in [5.41, 5.74) is 11.4. The standard InChI is InChI=1S/C49H34N2O/c1-5-17-35(18-6-1)49(36-19-7-2-8-20-36)45-27-15-13-25-41(45)43-31-29-40(34-48(43)52-49)50(37-21-9-3-10-22-37)39-30-32-47-44(33-39)42-26-14-16-28-46(42)51(47)38-23-11-4-12-24-38/h1-34H. The number of rotatable bonds is 6. The molecule has 0 amide bonds. The summed E-state index contributed by atoms with van der Waals surface area (Å²) in [6.45, 7) is 0. The molecule has 1 aliphatic rings. The SMILES string of the molecule is c1ccc(N(c2ccc3c(c2)OC(c2ccccc2)(c2ccccc2)c2ccccc2-3)c2ccc3c(c2)c2ccccc2n3-c2ccccc2)cc1. The van der Waals surface area contributed by atoms with Crippen molar-refractivity contribution in [3.63, 3.8) is 0 Å². The Morgan fingerprint density at radius 1 is 0.404 bits per heavy atom. The fourth-order valence-corrected chi connectivity index (χ4v) is 8.12. The molecule has 1 aromatic heterocycles. The summed E-state index contributed by atoms with van der Waals surface area (Å²) < 4.78 is 9.79. The van der Waals surface area contributed by atoms with Gasteiger partial charge in [-0.15, -0.1) is 0 Å². The minimum absolute atomic E-state index is 0.833. The first-order chi connectivity index (χ1) is 25.8. The number of hydrogen-bond acceptors (Lipinski definition) is 2. The van der Waals surface area contributed by atoms with Crippen molar-refractivity contribution in [1.82, 2.24) is 4.57 Å². The molecule has 2 heterocycles. The predicted molar refractivity (Wildman–Crippen MR) is 214 cm³/mol. The Kier molecular flexibility index (Phi) is 7.04. The molecule has 246 valence electrons. The van der Waals surface area contributed by atoms with Gasteiger partial charge in [0.15, 0.2) is 5.60 Å². The van der Waals surface area contributed by atoms with Gasteiger partial charge in [-0.25, -0.2) is 0 Å². The third-order valence-electron chi connectivity index (χ3n) is 10.4. The lowest BCUT2D eigenvalue weighted by Crippen LogP contribution is -2.38. The third kappa shape index (κ3) is 4.67. The smallest absolute Gasteiger partial charge is 0.185 e. The van der Waals surface area contributed by atoms with Gasteiger partial charge >= 0.3 is 0 Å². The first-order valence-corrected chi connectivity index (χ1v) is 17.8. The number of hydrogen-bond donors (Lipinski definition) is 0. The van der Waals surface area contributed by atoms with Crippen molar-refractivity contribution in [3.8, 4) is 22.6 Å². The zero-order chi connectivity index (χ0) is 34.5. The van der Waals surface area contributed by atoms with E-state index in [4.69, 9.17) is 4.74 Å². The van der Waals surface area contributed by atoms with E-state index in [2.05, 4.69) is 216 Å². The summed E-state index contributed by atoms with van der Waals surface area (Å²) in [5.74, 6) is 0.839. The lowest BCUT2D eigenvalue weighted by atomic mass is 9.75. The molecule has 0 spiro atoms. The predicted octanol–water partition coefficient (Wildman–Crippen LogP) is 12.6. The number of para-hydroxylation sites is 3. The van der Waals surface area contributed by atoms with E-state index in [0.717, 1.165) is 50.8 Å². The van der Waals surface area contributed by atoms with Crippen LogP contribution in [0.2, 0.25) is 0 Å². The van der Waals surface area contributed by atoms with Gasteiger partial charge in [-0.05, 0) is 66.2 Å². The van der Waals surface area contributed by atoms with Crippen LogP contribution in [0.5, 0.6) is 5.75 Å². The van der Waals surface area contributed by atoms with Gasteiger partial charge in [0.05, 0.1) is 11.0 Å². The number of fused-ring (bicyclic) bond motifs is 6. The Morgan fingerprint density at radius 2 is 0.962 bits per heavy atom. The summed E-state index contributed by atoms with van der Waals surface area (Å²) in [5, 5.41) is 2.42. The molecule has 0 radical (unpaired) electrons. The number of anilines is 3. The Bertz CT molecular complexity index is 2660. The fraction of sp³-hybridized carbons (Fsp3) is 0.0204. The first kappa shape index (κ1) is 30.0. The van der Waals surface area contributed by atoms with Gasteiger partial charge in [0.25, 0.3) is 0 Å². The van der Waals surface area contributed by atoms with Crippen LogP contribution in [0.25, 0.3) is 38.6 Å². The number of nitrogens with zero attached hydrogens (tertiary/aromatic N) is 2. The molecule has 0 aliphatic carbocycles. The van der Waals surface area contributed by atoms with E-state index < -0.39 is 5.60 Å². The van der Waals surface area contributed by atoms with E-state index in [-0.39, 0.29) is 0 Å². The Morgan fingerprint density at radius 3 is 1.69 bits per heavy atom. The van der Waals surface area contributed by atoms with Crippen LogP contribution in [0, 0.1) is 0 Å². The first-order valence-electron chi connectivity index (χ1n) is 17.8. The summed E-state index contributed by atoms with van der Waals surface area (Å²) in [6, 6.07) is 73.3. The monoisotopic (exact) mass is 666 g/mol. The second kappa shape index (κ2) is 12.2. The zero-order valence-corrected chi connectivity index (χ0v) is 28.4. The molecule has 1 aliphatic heterocycles. The molecule has 9 aromatic rings. The van der Waals surface area contributed by atoms with Gasteiger partial charge < -0.3 is 14.2 Å². The normalized spacial score (nSPS) is 12.9. The van der Waals surface area contributed by atoms with Crippen LogP contribution in [0.1, 0.15) is 16.7 Å². The van der Waals surface area contributed by atoms with Crippen LogP contribution in [0.3, 0.4) is 0 Å². The van der Waals surface area contributed by atoms with Crippen molar-refractivity contribution in [2.45, 2.75) is 5.60 Å². The molecule has 3 heteroatoms. The fourth-order valence-electron chi connectivity index (χ4n) is 8.12. The zero-order valence-electron chi connectivity index (χ0n) is 28.4. The molecule has 0 unspecified atom stereocenters. The van der Waals surface area contributed by atoms with Crippen LogP contribution in [-0.2, 0) is 5.60 Å². The minimum atomic E-state index is -0.833. The molecule has 8 aromatic carbocycles. The van der Waals surface area contributed by atoms with Gasteiger partial charge in [-0.3, -0.25) is 0 Å². The van der Waals surface area contributed by atoms with Gasteiger partial charge in [0.1, 0.15) is 5.75 Å². The highest BCUT2D eigenvalue weighted by Gasteiger charge is 2.44. The van der Waals surface area contributed by atoms with Gasteiger partial charge in [0, 0.05) is 61.8 Å². The number of aromatic nitrogens is 1. The van der Waals surface area contributed by atoms with Crippen molar-refractivity contribution in [1.29, 1.82) is 0 Å². The van der Waals surface area contributed by atoms with E-state index >= 15 is 0 Å². The quantitative estimate of drug-likeness (QED) is 0.176. The van der Waals surface area contributed by atoms with Gasteiger partial charge in [0.2, 0.25) is 0 Å². The molecule has 3 nitrogen and oxygen atoms in total. The highest BCUT2D eigenvalue weighted by molar-refractivity contribution is 6.10. The second-order valence-electron chi connectivity index (χ2n) is 13.3. The molecule has 0 N–H and O–H groups in total. The Labute approximate surface area is 303 Å². The number of ether oxygens (including phenoxy) is 1. The van der Waals surface area contributed by atoms with E-state index in [0.29, 0.717) is 0 Å². The average Bonchev–Trinajstić information content (AvgIpc) is 3.56. The minimum Gasteiger partial charge on any atom is -0.472 e. The summed E-state index contributed by atoms with van der Waals surface area (Å²) in [4.78, 5) is 2.34. The van der Waals surface area contributed by atoms with E-state index in [9.17, 15) is 0 Å². The Balaban J connectivity index is 1.19. The molecular weight excluding hydrogens is 633 g/mol. The maximum absolute atomic E-state index is 7.43. The lowest BCUT2D eigenvalue weighted by molar-refractivity contribution is 0.152. The van der Waals surface area contributed by atoms with Crippen LogP contribution in [-0.4, -0.2) is 4.57 Å². The lowest BCUT2D eigenvalue weighted by Gasteiger charge is -2.41. The third-order valence-corrected chi connectivity index (χ3v) is 10.4. The maximum Gasteiger partial charge on any atom is 0.185 e. The molecule has 0 atom stereocenters. The van der Waals surface area contributed by atoms with E-state index in [1.54, 1.807) is 0 Å². The summed E-state index contributed by atoms with van der Waals surface area (Å²) in [6.07, 6.45) is 0. The number of benzene rings is 8. The Hall–Kier alpha value is -6.84. The van der Waals surface area contributed by atoms with Crippen molar-refractivity contribution in [2.24, 2.45) is 0 Å². The largest absolute Gasteiger partial charge is 0.472 e. The summed E-state index contributed by atoms with van der Waals surface area (Å²) in [7, 11) is 0. The molecule has 10 rings (SSSR count). The van der Waals surface area contributed by atoms with Crippen LogP contribution in [0.4, 0.5) is 17.1 Å². The molecule has 0 fully saturated rings. The maximum atomic E-state index is 7.43. The van der Waals surface area contributed by atoms with Crippen molar-refractivity contribution >= 4 is 38.9 Å². The second-order valence-corrected chi connectivity index (χ2v) is 13.3. The molecule has 0 saturated heterocycles. The van der Waals surface area contributed by atoms with Crippen LogP contribution < -0.4 is 9.64 Å². The van der Waals surface area contributed by atoms with Gasteiger partial charge in [-0.1, -0.05) is 140 Å². The topological polar surface area (TPSA) is 17.4 Å². The van der Waals surface area contributed by atoms with Gasteiger partial charge in [-0.2, -0.15) is 0 Å².